The number of thioether (sulfide) groups is 1. The minimum Gasteiger partial charge on any atom is -0.288 e. The van der Waals surface area contributed by atoms with Crippen LogP contribution in [-0.2, 0) is 0 Å². The smallest absolute Gasteiger partial charge is 0.288 e. The molecule has 0 amide bonds. The third-order valence-electron chi connectivity index (χ3n) is 4.04. The van der Waals surface area contributed by atoms with Gasteiger partial charge in [-0.1, -0.05) is 51.5 Å². The lowest BCUT2D eigenvalue weighted by Gasteiger charge is -2.08. The highest BCUT2D eigenvalue weighted by molar-refractivity contribution is 9.10. The fourth-order valence-electron chi connectivity index (χ4n) is 2.53. The van der Waals surface area contributed by atoms with Crippen LogP contribution in [0.25, 0.3) is 6.08 Å². The molecular formula is C22H15BrFNO3S. The first-order valence-electron chi connectivity index (χ1n) is 8.54. The summed E-state index contributed by atoms with van der Waals surface area (Å²) in [5.41, 5.74) is 1.32. The van der Waals surface area contributed by atoms with Crippen molar-refractivity contribution in [1.29, 1.82) is 0 Å². The van der Waals surface area contributed by atoms with Crippen LogP contribution in [0.5, 0.6) is 0 Å². The summed E-state index contributed by atoms with van der Waals surface area (Å²) in [5.74, 6) is -1.14. The Labute approximate surface area is 179 Å². The van der Waals surface area contributed by atoms with Gasteiger partial charge in [0.05, 0.1) is 9.83 Å². The van der Waals surface area contributed by atoms with Gasteiger partial charge in [0.1, 0.15) is 0 Å². The second kappa shape index (κ2) is 9.15. The van der Waals surface area contributed by atoms with E-state index in [9.17, 15) is 19.3 Å². The Balaban J connectivity index is 2.04. The molecule has 29 heavy (non-hydrogen) atoms. The van der Waals surface area contributed by atoms with Crippen LogP contribution in [0.2, 0.25) is 0 Å². The Hall–Kier alpha value is -2.77. The summed E-state index contributed by atoms with van der Waals surface area (Å²) < 4.78 is 14.5. The molecule has 0 saturated heterocycles. The standard InChI is InChI=1S/C22H15BrFNO3S/c1-14-2-9-18(10-3-14)29-21(22(26)16-5-7-17(23)8-6-16)13-15-4-11-19(24)20(12-15)25(27)28/h2-13H,1H3. The van der Waals surface area contributed by atoms with Crippen LogP contribution in [0.1, 0.15) is 21.5 Å². The van der Waals surface area contributed by atoms with Crippen molar-refractivity contribution in [2.75, 3.05) is 0 Å². The normalized spacial score (nSPS) is 11.3. The number of nitro groups is 1. The lowest BCUT2D eigenvalue weighted by molar-refractivity contribution is -0.387. The number of hydrogen-bond acceptors (Lipinski definition) is 4. The van der Waals surface area contributed by atoms with E-state index in [0.717, 1.165) is 27.1 Å². The highest BCUT2D eigenvalue weighted by atomic mass is 79.9. The van der Waals surface area contributed by atoms with Crippen LogP contribution < -0.4 is 0 Å². The molecule has 0 N–H and O–H groups in total. The molecule has 0 bridgehead atoms. The summed E-state index contributed by atoms with van der Waals surface area (Å²) in [6, 6.07) is 18.2. The second-order valence-corrected chi connectivity index (χ2v) is 8.26. The summed E-state index contributed by atoms with van der Waals surface area (Å²) >= 11 is 4.60. The van der Waals surface area contributed by atoms with Crippen molar-refractivity contribution in [3.05, 3.63) is 109 Å². The Bertz CT molecular complexity index is 1100. The van der Waals surface area contributed by atoms with Gasteiger partial charge in [-0.15, -0.1) is 0 Å². The fraction of sp³-hybridized carbons (Fsp3) is 0.0455. The summed E-state index contributed by atoms with van der Waals surface area (Å²) in [5, 5.41) is 11.0. The summed E-state index contributed by atoms with van der Waals surface area (Å²) in [4.78, 5) is 24.6. The molecule has 0 aliphatic carbocycles. The molecule has 0 saturated carbocycles. The molecule has 7 heteroatoms. The Kier molecular flexibility index (Phi) is 6.61. The third kappa shape index (κ3) is 5.40. The Morgan fingerprint density at radius 1 is 1.07 bits per heavy atom. The molecule has 0 aliphatic rings. The van der Waals surface area contributed by atoms with E-state index < -0.39 is 16.4 Å². The van der Waals surface area contributed by atoms with Gasteiger partial charge in [-0.3, -0.25) is 14.9 Å². The molecule has 0 atom stereocenters. The lowest BCUT2D eigenvalue weighted by Crippen LogP contribution is -2.01. The van der Waals surface area contributed by atoms with Crippen LogP contribution in [0.4, 0.5) is 10.1 Å². The van der Waals surface area contributed by atoms with E-state index in [1.165, 1.54) is 17.8 Å². The largest absolute Gasteiger partial charge is 0.305 e. The third-order valence-corrected chi connectivity index (χ3v) is 5.60. The number of carbonyl (C=O) groups excluding carboxylic acids is 1. The molecule has 0 aliphatic heterocycles. The van der Waals surface area contributed by atoms with Crippen LogP contribution in [0, 0.1) is 22.9 Å². The minimum absolute atomic E-state index is 0.227. The zero-order valence-corrected chi connectivity index (χ0v) is 17.7. The number of aryl methyl sites for hydroxylation is 1. The lowest BCUT2D eigenvalue weighted by atomic mass is 10.1. The monoisotopic (exact) mass is 471 g/mol. The van der Waals surface area contributed by atoms with E-state index in [4.69, 9.17) is 0 Å². The Morgan fingerprint density at radius 3 is 2.34 bits per heavy atom. The summed E-state index contributed by atoms with van der Waals surface area (Å²) in [6.45, 7) is 1.97. The SMILES string of the molecule is Cc1ccc(SC(=Cc2ccc(F)c([N+](=O)[O-])c2)C(=O)c2ccc(Br)cc2)cc1. The maximum atomic E-state index is 13.7. The van der Waals surface area contributed by atoms with Crippen molar-refractivity contribution in [3.63, 3.8) is 0 Å². The number of rotatable bonds is 6. The molecule has 0 spiro atoms. The van der Waals surface area contributed by atoms with Crippen molar-refractivity contribution in [3.8, 4) is 0 Å². The maximum Gasteiger partial charge on any atom is 0.305 e. The predicted molar refractivity (Wildman–Crippen MR) is 117 cm³/mol. The van der Waals surface area contributed by atoms with Gasteiger partial charge in [0, 0.05) is 21.0 Å². The molecule has 146 valence electrons. The maximum absolute atomic E-state index is 13.7. The molecule has 3 aromatic carbocycles. The number of nitrogens with zero attached hydrogens (tertiary/aromatic N) is 1. The van der Waals surface area contributed by atoms with Crippen molar-refractivity contribution >= 4 is 45.2 Å². The van der Waals surface area contributed by atoms with E-state index in [1.807, 2.05) is 31.2 Å². The van der Waals surface area contributed by atoms with E-state index >= 15 is 0 Å². The average molecular weight is 472 g/mol. The highest BCUT2D eigenvalue weighted by Gasteiger charge is 2.17. The van der Waals surface area contributed by atoms with Crippen molar-refractivity contribution in [2.45, 2.75) is 11.8 Å². The average Bonchev–Trinajstić information content (AvgIpc) is 2.70. The molecule has 0 heterocycles. The summed E-state index contributed by atoms with van der Waals surface area (Å²) in [7, 11) is 0. The van der Waals surface area contributed by atoms with Crippen LogP contribution in [0.15, 0.2) is 81.0 Å². The molecule has 0 unspecified atom stereocenters. The van der Waals surface area contributed by atoms with Gasteiger partial charge in [0.15, 0.2) is 5.78 Å². The molecule has 0 aromatic heterocycles. The van der Waals surface area contributed by atoms with Gasteiger partial charge in [0.25, 0.3) is 0 Å². The summed E-state index contributed by atoms with van der Waals surface area (Å²) in [6.07, 6.45) is 1.54. The van der Waals surface area contributed by atoms with Crippen LogP contribution in [0.3, 0.4) is 0 Å². The van der Waals surface area contributed by atoms with E-state index in [0.29, 0.717) is 16.0 Å². The van der Waals surface area contributed by atoms with Crippen LogP contribution >= 0.6 is 27.7 Å². The number of carbonyl (C=O) groups is 1. The highest BCUT2D eigenvalue weighted by Crippen LogP contribution is 2.32. The number of hydrogen-bond donors (Lipinski definition) is 0. The topological polar surface area (TPSA) is 60.2 Å². The first-order chi connectivity index (χ1) is 13.8. The number of Topliss-reactive ketones (excluding diaryl/α,β-unsaturated/α-hetero) is 1. The molecule has 0 radical (unpaired) electrons. The molecule has 3 aromatic rings. The van der Waals surface area contributed by atoms with Crippen molar-refractivity contribution < 1.29 is 14.1 Å². The van der Waals surface area contributed by atoms with Crippen molar-refractivity contribution in [2.24, 2.45) is 0 Å². The number of nitro benzene ring substituents is 1. The predicted octanol–water partition coefficient (Wildman–Crippen LogP) is 6.82. The number of benzene rings is 3. The second-order valence-electron chi connectivity index (χ2n) is 6.23. The number of allylic oxidation sites excluding steroid dienone is 1. The van der Waals surface area contributed by atoms with Gasteiger partial charge in [-0.2, -0.15) is 4.39 Å². The quantitative estimate of drug-likeness (QED) is 0.130. The Morgan fingerprint density at radius 2 is 1.72 bits per heavy atom. The van der Waals surface area contributed by atoms with Gasteiger partial charge in [-0.05, 0) is 61.0 Å². The van der Waals surface area contributed by atoms with Gasteiger partial charge in [0.2, 0.25) is 5.82 Å². The zero-order valence-electron chi connectivity index (χ0n) is 15.3. The number of ketones is 1. The molecule has 4 nitrogen and oxygen atoms in total. The molecular weight excluding hydrogens is 457 g/mol. The van der Waals surface area contributed by atoms with Gasteiger partial charge >= 0.3 is 5.69 Å². The first-order valence-corrected chi connectivity index (χ1v) is 10.1. The minimum atomic E-state index is -0.917. The molecule has 0 fully saturated rings. The van der Waals surface area contributed by atoms with E-state index in [2.05, 4.69) is 15.9 Å². The zero-order chi connectivity index (χ0) is 21.0. The van der Waals surface area contributed by atoms with Gasteiger partial charge in [-0.25, -0.2) is 0 Å². The number of halogens is 2. The first kappa shape index (κ1) is 21.0. The van der Waals surface area contributed by atoms with E-state index in [-0.39, 0.29) is 5.78 Å². The fourth-order valence-corrected chi connectivity index (χ4v) is 3.72. The molecule has 3 rings (SSSR count). The van der Waals surface area contributed by atoms with Crippen LogP contribution in [-0.4, -0.2) is 10.7 Å². The van der Waals surface area contributed by atoms with Gasteiger partial charge < -0.3 is 0 Å². The van der Waals surface area contributed by atoms with Crippen molar-refractivity contribution in [1.82, 2.24) is 0 Å². The van der Waals surface area contributed by atoms with E-state index in [1.54, 1.807) is 30.3 Å².